The lowest BCUT2D eigenvalue weighted by atomic mass is 10.1. The van der Waals surface area contributed by atoms with E-state index in [1.807, 2.05) is 0 Å². The molecule has 0 unspecified atom stereocenters. The first-order valence-corrected chi connectivity index (χ1v) is 7.04. The van der Waals surface area contributed by atoms with Gasteiger partial charge in [-0.1, -0.05) is 41.4 Å². The molecule has 2 aromatic rings. The number of benzene rings is 2. The molecule has 0 aromatic heterocycles. The van der Waals surface area contributed by atoms with Gasteiger partial charge in [-0.3, -0.25) is 4.79 Å². The number of carbonyl (C=O) groups is 2. The maximum absolute atomic E-state index is 11.9. The number of hydrogen-bond donors (Lipinski definition) is 3. The van der Waals surface area contributed by atoms with Crippen molar-refractivity contribution >= 4 is 46.6 Å². The summed E-state index contributed by atoms with van der Waals surface area (Å²) in [5, 5.41) is 14.5. The predicted molar refractivity (Wildman–Crippen MR) is 86.9 cm³/mol. The lowest BCUT2D eigenvalue weighted by Gasteiger charge is -2.10. The number of hydrogen-bond acceptors (Lipinski definition) is 2. The highest BCUT2D eigenvalue weighted by Crippen LogP contribution is 2.29. The van der Waals surface area contributed by atoms with Crippen LogP contribution in [0.3, 0.4) is 0 Å². The lowest BCUT2D eigenvalue weighted by Crippen LogP contribution is -2.19. The van der Waals surface area contributed by atoms with Gasteiger partial charge in [0.25, 0.3) is 0 Å². The molecule has 114 valence electrons. The van der Waals surface area contributed by atoms with E-state index >= 15 is 0 Å². The summed E-state index contributed by atoms with van der Waals surface area (Å²) < 4.78 is 0. The van der Waals surface area contributed by atoms with E-state index in [9.17, 15) is 9.59 Å². The van der Waals surface area contributed by atoms with Crippen LogP contribution >= 0.6 is 23.2 Å². The Morgan fingerprint density at radius 3 is 2.50 bits per heavy atom. The van der Waals surface area contributed by atoms with E-state index in [0.29, 0.717) is 22.0 Å². The zero-order valence-corrected chi connectivity index (χ0v) is 12.8. The predicted octanol–water partition coefficient (Wildman–Crippen LogP) is 4.26. The van der Waals surface area contributed by atoms with Gasteiger partial charge in [0.15, 0.2) is 0 Å². The normalized spacial score (nSPS) is 10.1. The first-order valence-electron chi connectivity index (χ1n) is 6.28. The van der Waals surface area contributed by atoms with Crippen molar-refractivity contribution in [2.24, 2.45) is 0 Å². The fourth-order valence-electron chi connectivity index (χ4n) is 1.82. The molecule has 0 spiro atoms. The molecule has 5 nitrogen and oxygen atoms in total. The van der Waals surface area contributed by atoms with Crippen LogP contribution in [0, 0.1) is 0 Å². The highest BCUT2D eigenvalue weighted by atomic mass is 35.5. The third-order valence-corrected chi connectivity index (χ3v) is 3.56. The molecule has 0 radical (unpaired) electrons. The zero-order valence-electron chi connectivity index (χ0n) is 11.3. The number of carboxylic acid groups (broad SMARTS) is 1. The standard InChI is InChI=1S/C15H12Cl2N2O3/c16-11-5-2-6-12(14(11)17)19-15(22)18-10-4-1-3-9(7-10)8-13(20)21/h1-7H,8H2,(H,20,21)(H2,18,19,22). The molecule has 7 heteroatoms. The topological polar surface area (TPSA) is 78.4 Å². The average Bonchev–Trinajstić information content (AvgIpc) is 2.43. The summed E-state index contributed by atoms with van der Waals surface area (Å²) in [4.78, 5) is 22.6. The van der Waals surface area contributed by atoms with Gasteiger partial charge >= 0.3 is 12.0 Å². The van der Waals surface area contributed by atoms with E-state index in [0.717, 1.165) is 0 Å². The largest absolute Gasteiger partial charge is 0.481 e. The van der Waals surface area contributed by atoms with Crippen LogP contribution in [0.2, 0.25) is 10.0 Å². The van der Waals surface area contributed by atoms with Crippen LogP contribution in [-0.2, 0) is 11.2 Å². The summed E-state index contributed by atoms with van der Waals surface area (Å²) in [5.41, 5.74) is 1.45. The van der Waals surface area contributed by atoms with Gasteiger partial charge in [0.2, 0.25) is 0 Å². The van der Waals surface area contributed by atoms with Gasteiger partial charge in [-0.25, -0.2) is 4.79 Å². The maximum Gasteiger partial charge on any atom is 0.323 e. The molecular formula is C15H12Cl2N2O3. The molecule has 3 N–H and O–H groups in total. The van der Waals surface area contributed by atoms with Crippen molar-refractivity contribution in [1.82, 2.24) is 0 Å². The second kappa shape index (κ2) is 7.15. The van der Waals surface area contributed by atoms with Crippen LogP contribution in [0.1, 0.15) is 5.56 Å². The van der Waals surface area contributed by atoms with Gasteiger partial charge in [0.1, 0.15) is 0 Å². The Balaban J connectivity index is 2.06. The van der Waals surface area contributed by atoms with Gasteiger partial charge in [-0.05, 0) is 29.8 Å². The minimum atomic E-state index is -0.938. The van der Waals surface area contributed by atoms with Crippen molar-refractivity contribution in [3.63, 3.8) is 0 Å². The summed E-state index contributed by atoms with van der Waals surface area (Å²) in [7, 11) is 0. The molecule has 2 amide bonds. The number of carbonyl (C=O) groups excluding carboxylic acids is 1. The van der Waals surface area contributed by atoms with Crippen LogP contribution < -0.4 is 10.6 Å². The molecule has 2 aromatic carbocycles. The van der Waals surface area contributed by atoms with Crippen LogP contribution in [0.5, 0.6) is 0 Å². The molecule has 0 saturated heterocycles. The van der Waals surface area contributed by atoms with E-state index in [1.165, 1.54) is 0 Å². The Morgan fingerprint density at radius 2 is 1.77 bits per heavy atom. The van der Waals surface area contributed by atoms with Crippen LogP contribution in [0.25, 0.3) is 0 Å². The number of aliphatic carboxylic acids is 1. The minimum Gasteiger partial charge on any atom is -0.481 e. The number of halogens is 2. The highest BCUT2D eigenvalue weighted by molar-refractivity contribution is 6.44. The minimum absolute atomic E-state index is 0.114. The summed E-state index contributed by atoms with van der Waals surface area (Å²) in [6, 6.07) is 11.0. The van der Waals surface area contributed by atoms with E-state index in [4.69, 9.17) is 28.3 Å². The van der Waals surface area contributed by atoms with E-state index in [-0.39, 0.29) is 11.4 Å². The smallest absolute Gasteiger partial charge is 0.323 e. The number of anilines is 2. The van der Waals surface area contributed by atoms with Crippen LogP contribution in [-0.4, -0.2) is 17.1 Å². The number of rotatable bonds is 4. The number of amides is 2. The average molecular weight is 339 g/mol. The molecule has 2 rings (SSSR count). The van der Waals surface area contributed by atoms with E-state index < -0.39 is 12.0 Å². The third-order valence-electron chi connectivity index (χ3n) is 2.74. The Labute approximate surface area is 136 Å². The monoisotopic (exact) mass is 338 g/mol. The molecular weight excluding hydrogens is 327 g/mol. The highest BCUT2D eigenvalue weighted by Gasteiger charge is 2.09. The van der Waals surface area contributed by atoms with Crippen molar-refractivity contribution in [2.75, 3.05) is 10.6 Å². The molecule has 0 atom stereocenters. The molecule has 0 aliphatic heterocycles. The van der Waals surface area contributed by atoms with Gasteiger partial charge in [-0.2, -0.15) is 0 Å². The molecule has 22 heavy (non-hydrogen) atoms. The van der Waals surface area contributed by atoms with Crippen molar-refractivity contribution in [3.05, 3.63) is 58.1 Å². The van der Waals surface area contributed by atoms with Gasteiger partial charge < -0.3 is 15.7 Å². The first-order chi connectivity index (χ1) is 10.5. The SMILES string of the molecule is O=C(O)Cc1cccc(NC(=O)Nc2cccc(Cl)c2Cl)c1. The quantitative estimate of drug-likeness (QED) is 0.779. The third kappa shape index (κ3) is 4.38. The van der Waals surface area contributed by atoms with Gasteiger partial charge in [0.05, 0.1) is 22.2 Å². The Hall–Kier alpha value is -2.24. The Kier molecular flexibility index (Phi) is 5.25. The summed E-state index contributed by atoms with van der Waals surface area (Å²) in [5.74, 6) is -0.938. The van der Waals surface area contributed by atoms with Crippen molar-refractivity contribution in [3.8, 4) is 0 Å². The number of nitrogens with one attached hydrogen (secondary N) is 2. The molecule has 0 aliphatic rings. The van der Waals surface area contributed by atoms with Crippen LogP contribution in [0.4, 0.5) is 16.2 Å². The fraction of sp³-hybridized carbons (Fsp3) is 0.0667. The fourth-order valence-corrected chi connectivity index (χ4v) is 2.17. The molecule has 0 fully saturated rings. The Bertz CT molecular complexity index is 720. The van der Waals surface area contributed by atoms with Gasteiger partial charge in [-0.15, -0.1) is 0 Å². The second-order valence-corrected chi connectivity index (χ2v) is 5.24. The number of urea groups is 1. The summed E-state index contributed by atoms with van der Waals surface area (Å²) >= 11 is 11.9. The van der Waals surface area contributed by atoms with Gasteiger partial charge in [0, 0.05) is 5.69 Å². The van der Waals surface area contributed by atoms with Crippen molar-refractivity contribution < 1.29 is 14.7 Å². The van der Waals surface area contributed by atoms with Crippen LogP contribution in [0.15, 0.2) is 42.5 Å². The first kappa shape index (κ1) is 16.1. The Morgan fingerprint density at radius 1 is 1.05 bits per heavy atom. The van der Waals surface area contributed by atoms with E-state index in [1.54, 1.807) is 42.5 Å². The van der Waals surface area contributed by atoms with Crippen molar-refractivity contribution in [1.29, 1.82) is 0 Å². The second-order valence-electron chi connectivity index (χ2n) is 4.45. The summed E-state index contributed by atoms with van der Waals surface area (Å²) in [6.07, 6.45) is -0.114. The lowest BCUT2D eigenvalue weighted by molar-refractivity contribution is -0.136. The zero-order chi connectivity index (χ0) is 16.1. The maximum atomic E-state index is 11.9. The van der Waals surface area contributed by atoms with Crippen molar-refractivity contribution in [2.45, 2.75) is 6.42 Å². The molecule has 0 bridgehead atoms. The molecule has 0 saturated carbocycles. The molecule has 0 aliphatic carbocycles. The van der Waals surface area contributed by atoms with E-state index in [2.05, 4.69) is 10.6 Å². The summed E-state index contributed by atoms with van der Waals surface area (Å²) in [6.45, 7) is 0. The number of carboxylic acids is 1. The molecule has 0 heterocycles.